The zero-order valence-corrected chi connectivity index (χ0v) is 12.8. The lowest BCUT2D eigenvalue weighted by atomic mass is 10.1. The van der Waals surface area contributed by atoms with Gasteiger partial charge in [0.05, 0.1) is 5.69 Å². The number of nitrogens with zero attached hydrogens (tertiary/aromatic N) is 2. The fraction of sp³-hybridized carbons (Fsp3) is 0.375. The van der Waals surface area contributed by atoms with E-state index in [0.717, 1.165) is 17.3 Å². The number of nitrogens with one attached hydrogen (secondary N) is 2. The molecule has 126 valence electrons. The number of halogens is 3. The molecule has 0 bridgehead atoms. The van der Waals surface area contributed by atoms with Crippen LogP contribution in [-0.4, -0.2) is 21.9 Å². The van der Waals surface area contributed by atoms with Crippen LogP contribution in [0.25, 0.3) is 0 Å². The average molecular weight is 336 g/mol. The second-order valence-corrected chi connectivity index (χ2v) is 6.28. The number of fused-ring (bicyclic) bond motifs is 3. The van der Waals surface area contributed by atoms with E-state index in [4.69, 9.17) is 0 Å². The number of amides is 2. The molecule has 8 heteroatoms. The summed E-state index contributed by atoms with van der Waals surface area (Å²) in [5.41, 5.74) is 1.08. The van der Waals surface area contributed by atoms with Crippen molar-refractivity contribution in [1.29, 1.82) is 0 Å². The Kier molecular flexibility index (Phi) is 3.13. The van der Waals surface area contributed by atoms with Crippen LogP contribution in [0.1, 0.15) is 22.7 Å². The summed E-state index contributed by atoms with van der Waals surface area (Å²) in [6.07, 6.45) is -2.57. The number of anilines is 1. The summed E-state index contributed by atoms with van der Waals surface area (Å²) in [6, 6.07) is 7.41. The summed E-state index contributed by atoms with van der Waals surface area (Å²) in [4.78, 5) is 12.1. The lowest BCUT2D eigenvalue weighted by molar-refractivity contribution is -0.140. The Morgan fingerprint density at radius 3 is 2.83 bits per heavy atom. The Morgan fingerprint density at radius 1 is 1.33 bits per heavy atom. The highest BCUT2D eigenvalue weighted by atomic mass is 19.4. The monoisotopic (exact) mass is 336 g/mol. The molecule has 2 N–H and O–H groups in total. The molecule has 2 amide bonds. The highest BCUT2D eigenvalue weighted by Gasteiger charge is 2.56. The van der Waals surface area contributed by atoms with Gasteiger partial charge in [0.15, 0.2) is 5.69 Å². The van der Waals surface area contributed by atoms with Gasteiger partial charge in [-0.25, -0.2) is 4.79 Å². The third-order valence-electron chi connectivity index (χ3n) is 4.68. The van der Waals surface area contributed by atoms with Gasteiger partial charge in [-0.3, -0.25) is 4.68 Å². The van der Waals surface area contributed by atoms with Crippen molar-refractivity contribution in [1.82, 2.24) is 15.1 Å². The van der Waals surface area contributed by atoms with Crippen molar-refractivity contribution in [2.45, 2.75) is 24.6 Å². The van der Waals surface area contributed by atoms with E-state index < -0.39 is 17.9 Å². The summed E-state index contributed by atoms with van der Waals surface area (Å²) >= 11 is 0. The van der Waals surface area contributed by atoms with Gasteiger partial charge >= 0.3 is 12.2 Å². The van der Waals surface area contributed by atoms with Crippen LogP contribution in [0.5, 0.6) is 0 Å². The van der Waals surface area contributed by atoms with Gasteiger partial charge in [-0.15, -0.1) is 0 Å². The number of benzene rings is 1. The Hall–Kier alpha value is -2.51. The lowest BCUT2D eigenvalue weighted by Crippen LogP contribution is -2.33. The fourth-order valence-electron chi connectivity index (χ4n) is 3.65. The molecule has 0 spiro atoms. The Bertz CT molecular complexity index is 814. The highest BCUT2D eigenvalue weighted by molar-refractivity contribution is 5.90. The van der Waals surface area contributed by atoms with Gasteiger partial charge in [-0.1, -0.05) is 24.3 Å². The zero-order chi connectivity index (χ0) is 17.1. The van der Waals surface area contributed by atoms with Crippen molar-refractivity contribution in [2.24, 2.45) is 13.0 Å². The van der Waals surface area contributed by atoms with Crippen molar-refractivity contribution in [3.63, 3.8) is 0 Å². The Balaban J connectivity index is 1.43. The molecule has 1 fully saturated rings. The van der Waals surface area contributed by atoms with Crippen LogP contribution in [0.15, 0.2) is 30.5 Å². The van der Waals surface area contributed by atoms with Gasteiger partial charge in [-0.05, 0) is 23.5 Å². The zero-order valence-electron chi connectivity index (χ0n) is 12.8. The summed E-state index contributed by atoms with van der Waals surface area (Å²) in [6.45, 7) is 0. The second kappa shape index (κ2) is 4.99. The van der Waals surface area contributed by atoms with Crippen LogP contribution in [0, 0.1) is 5.92 Å². The number of hydrogen-bond acceptors (Lipinski definition) is 2. The van der Waals surface area contributed by atoms with Crippen molar-refractivity contribution < 1.29 is 18.0 Å². The van der Waals surface area contributed by atoms with Gasteiger partial charge in [0, 0.05) is 25.2 Å². The molecule has 3 atom stereocenters. The number of hydrogen-bond donors (Lipinski definition) is 2. The fourth-order valence-corrected chi connectivity index (χ4v) is 3.65. The molecule has 0 aliphatic heterocycles. The third-order valence-corrected chi connectivity index (χ3v) is 4.68. The van der Waals surface area contributed by atoms with E-state index in [1.54, 1.807) is 0 Å². The molecule has 5 nitrogen and oxygen atoms in total. The highest BCUT2D eigenvalue weighted by Crippen LogP contribution is 2.56. The van der Waals surface area contributed by atoms with Gasteiger partial charge in [-0.2, -0.15) is 18.3 Å². The first-order valence-corrected chi connectivity index (χ1v) is 7.61. The quantitative estimate of drug-likeness (QED) is 0.886. The predicted molar refractivity (Wildman–Crippen MR) is 80.5 cm³/mol. The van der Waals surface area contributed by atoms with E-state index in [1.807, 2.05) is 18.2 Å². The Morgan fingerprint density at radius 2 is 2.08 bits per heavy atom. The number of carbonyl (C=O) groups excluding carboxylic acids is 1. The number of carbonyl (C=O) groups is 1. The van der Waals surface area contributed by atoms with E-state index in [-0.39, 0.29) is 17.6 Å². The van der Waals surface area contributed by atoms with Crippen LogP contribution in [-0.2, 0) is 19.6 Å². The number of alkyl halides is 3. The standard InChI is InChI=1S/C16H15F3N4O/c1-23-7-11(14(22-23)16(17,18)19)20-15(24)21-13-10-6-8-4-2-3-5-9(8)12(10)13/h2-5,7,10,12-13H,6H2,1H3,(H2,20,21,24)/t10-,12+,13+/m0/s1. The summed E-state index contributed by atoms with van der Waals surface area (Å²) < 4.78 is 39.7. The van der Waals surface area contributed by atoms with Crippen LogP contribution >= 0.6 is 0 Å². The maximum atomic E-state index is 12.9. The molecule has 1 heterocycles. The molecule has 2 aliphatic carbocycles. The minimum Gasteiger partial charge on any atom is -0.334 e. The maximum Gasteiger partial charge on any atom is 0.437 e. The summed E-state index contributed by atoms with van der Waals surface area (Å²) in [5.74, 6) is 0.604. The first-order chi connectivity index (χ1) is 11.3. The van der Waals surface area contributed by atoms with E-state index in [0.29, 0.717) is 5.92 Å². The van der Waals surface area contributed by atoms with Gasteiger partial charge in [0.25, 0.3) is 0 Å². The first-order valence-electron chi connectivity index (χ1n) is 7.61. The van der Waals surface area contributed by atoms with Crippen LogP contribution < -0.4 is 10.6 Å². The molecular weight excluding hydrogens is 321 g/mol. The molecular formula is C16H15F3N4O. The molecule has 4 rings (SSSR count). The second-order valence-electron chi connectivity index (χ2n) is 6.28. The molecule has 2 aliphatic rings. The van der Waals surface area contributed by atoms with Crippen LogP contribution in [0.2, 0.25) is 0 Å². The first kappa shape index (κ1) is 15.0. The lowest BCUT2D eigenvalue weighted by Gasteiger charge is -2.11. The van der Waals surface area contributed by atoms with Gasteiger partial charge < -0.3 is 10.6 Å². The van der Waals surface area contributed by atoms with Crippen molar-refractivity contribution >= 4 is 11.7 Å². The van der Waals surface area contributed by atoms with Crippen molar-refractivity contribution in [3.05, 3.63) is 47.3 Å². The number of urea groups is 1. The minimum atomic E-state index is -4.61. The van der Waals surface area contributed by atoms with Gasteiger partial charge in [0.2, 0.25) is 0 Å². The molecule has 0 unspecified atom stereocenters. The van der Waals surface area contributed by atoms with Crippen molar-refractivity contribution in [3.8, 4) is 0 Å². The molecule has 2 aromatic rings. The van der Waals surface area contributed by atoms with E-state index in [1.165, 1.54) is 18.2 Å². The smallest absolute Gasteiger partial charge is 0.334 e. The van der Waals surface area contributed by atoms with Crippen LogP contribution in [0.4, 0.5) is 23.7 Å². The Labute approximate surface area is 135 Å². The SMILES string of the molecule is Cn1cc(NC(=O)N[C@@H]2[C@H]3Cc4ccccc4[C@H]32)c(C(F)(F)F)n1. The summed E-state index contributed by atoms with van der Waals surface area (Å²) in [7, 11) is 1.38. The number of aryl methyl sites for hydroxylation is 1. The van der Waals surface area contributed by atoms with Gasteiger partial charge in [0.1, 0.15) is 0 Å². The van der Waals surface area contributed by atoms with Crippen LogP contribution in [0.3, 0.4) is 0 Å². The maximum absolute atomic E-state index is 12.9. The van der Waals surface area contributed by atoms with E-state index >= 15 is 0 Å². The molecule has 0 saturated heterocycles. The number of rotatable bonds is 2. The molecule has 1 saturated carbocycles. The minimum absolute atomic E-state index is 0.0223. The molecule has 24 heavy (non-hydrogen) atoms. The third kappa shape index (κ3) is 2.42. The van der Waals surface area contributed by atoms with E-state index in [2.05, 4.69) is 21.8 Å². The van der Waals surface area contributed by atoms with E-state index in [9.17, 15) is 18.0 Å². The average Bonchev–Trinajstić information content (AvgIpc) is 2.85. The predicted octanol–water partition coefficient (Wildman–Crippen LogP) is 2.90. The molecule has 1 aromatic heterocycles. The topological polar surface area (TPSA) is 59.0 Å². The summed E-state index contributed by atoms with van der Waals surface area (Å²) in [5, 5.41) is 8.41. The van der Waals surface area contributed by atoms with Crippen molar-refractivity contribution in [2.75, 3.05) is 5.32 Å². The largest absolute Gasteiger partial charge is 0.437 e. The number of aromatic nitrogens is 2. The molecule has 0 radical (unpaired) electrons. The molecule has 1 aromatic carbocycles. The normalized spacial score (nSPS) is 24.2.